The third-order valence-electron chi connectivity index (χ3n) is 5.63. The van der Waals surface area contributed by atoms with Gasteiger partial charge < -0.3 is 14.8 Å². The van der Waals surface area contributed by atoms with Crippen molar-refractivity contribution >= 4 is 22.5 Å². The van der Waals surface area contributed by atoms with E-state index in [1.165, 1.54) is 12.1 Å². The minimum atomic E-state index is -0.436. The van der Waals surface area contributed by atoms with E-state index in [1.807, 2.05) is 17.0 Å². The van der Waals surface area contributed by atoms with Gasteiger partial charge in [0.15, 0.2) is 0 Å². The van der Waals surface area contributed by atoms with Crippen LogP contribution in [0.5, 0.6) is 0 Å². The number of nitriles is 1. The largest absolute Gasteiger partial charge is 0.353 e. The standard InChI is InChI=1S/C23H22FN5O2/c1-15-10-17(24)11-20-19(15)12-18(27-23(20)31)3-5-22(30)29-8-6-28(7-9-29)21-4-2-16(13-25)14-26-21/h2,4,10-12,14H,3,5-9H2,1H3,(H,27,31). The van der Waals surface area contributed by atoms with Gasteiger partial charge in [-0.2, -0.15) is 5.26 Å². The Morgan fingerprint density at radius 2 is 1.97 bits per heavy atom. The molecular formula is C23H22FN5O2. The number of anilines is 1. The average Bonchev–Trinajstić information content (AvgIpc) is 2.78. The summed E-state index contributed by atoms with van der Waals surface area (Å²) in [5.41, 5.74) is 1.54. The number of amides is 1. The van der Waals surface area contributed by atoms with Gasteiger partial charge in [-0.3, -0.25) is 9.59 Å². The number of aromatic amines is 1. The second kappa shape index (κ2) is 8.56. The molecule has 0 saturated carbocycles. The van der Waals surface area contributed by atoms with Crippen LogP contribution >= 0.6 is 0 Å². The van der Waals surface area contributed by atoms with Crippen LogP contribution in [0.2, 0.25) is 0 Å². The second-order valence-electron chi connectivity index (χ2n) is 7.69. The van der Waals surface area contributed by atoms with Crippen molar-refractivity contribution in [2.24, 2.45) is 0 Å². The highest BCUT2D eigenvalue weighted by molar-refractivity contribution is 5.85. The summed E-state index contributed by atoms with van der Waals surface area (Å²) in [5, 5.41) is 9.90. The molecule has 1 N–H and O–H groups in total. The molecular weight excluding hydrogens is 397 g/mol. The first-order chi connectivity index (χ1) is 14.9. The molecule has 1 saturated heterocycles. The van der Waals surface area contributed by atoms with Gasteiger partial charge in [-0.15, -0.1) is 0 Å². The van der Waals surface area contributed by atoms with Gasteiger partial charge in [0.2, 0.25) is 5.91 Å². The summed E-state index contributed by atoms with van der Waals surface area (Å²) < 4.78 is 13.6. The number of hydrogen-bond donors (Lipinski definition) is 1. The Bertz CT molecular complexity index is 1220. The van der Waals surface area contributed by atoms with E-state index in [-0.39, 0.29) is 17.9 Å². The fourth-order valence-electron chi connectivity index (χ4n) is 3.92. The summed E-state index contributed by atoms with van der Waals surface area (Å²) in [6, 6.07) is 10.1. The van der Waals surface area contributed by atoms with E-state index < -0.39 is 5.82 Å². The zero-order chi connectivity index (χ0) is 22.0. The van der Waals surface area contributed by atoms with E-state index >= 15 is 0 Å². The number of nitrogens with zero attached hydrogens (tertiary/aromatic N) is 4. The third kappa shape index (κ3) is 4.40. The molecule has 2 aromatic heterocycles. The number of aromatic nitrogens is 2. The molecule has 1 aliphatic heterocycles. The number of aryl methyl sites for hydroxylation is 2. The molecule has 0 unspecified atom stereocenters. The van der Waals surface area contributed by atoms with Crippen molar-refractivity contribution in [1.82, 2.24) is 14.9 Å². The maximum Gasteiger partial charge on any atom is 0.256 e. The molecule has 0 bridgehead atoms. The van der Waals surface area contributed by atoms with Crippen LogP contribution in [0.1, 0.15) is 23.2 Å². The van der Waals surface area contributed by atoms with Crippen molar-refractivity contribution in [2.45, 2.75) is 19.8 Å². The van der Waals surface area contributed by atoms with Crippen LogP contribution in [0.4, 0.5) is 10.2 Å². The Morgan fingerprint density at radius 1 is 1.19 bits per heavy atom. The molecule has 0 radical (unpaired) electrons. The Labute approximate surface area is 178 Å². The predicted molar refractivity (Wildman–Crippen MR) is 115 cm³/mol. The van der Waals surface area contributed by atoms with Gasteiger partial charge in [-0.25, -0.2) is 9.37 Å². The molecule has 1 fully saturated rings. The number of fused-ring (bicyclic) bond motifs is 1. The monoisotopic (exact) mass is 419 g/mol. The van der Waals surface area contributed by atoms with Gasteiger partial charge in [-0.1, -0.05) is 0 Å². The smallest absolute Gasteiger partial charge is 0.256 e. The Hall–Kier alpha value is -3.73. The highest BCUT2D eigenvalue weighted by Gasteiger charge is 2.22. The van der Waals surface area contributed by atoms with E-state index in [4.69, 9.17) is 5.26 Å². The lowest BCUT2D eigenvalue weighted by Gasteiger charge is -2.35. The number of pyridine rings is 2. The first-order valence-electron chi connectivity index (χ1n) is 10.2. The summed E-state index contributed by atoms with van der Waals surface area (Å²) >= 11 is 0. The van der Waals surface area contributed by atoms with Crippen molar-refractivity contribution in [3.63, 3.8) is 0 Å². The molecule has 1 aliphatic rings. The SMILES string of the molecule is Cc1cc(F)cc2c(=O)[nH]c(CCC(=O)N3CCN(c4ccc(C#N)cn4)CC3)cc12. The molecule has 158 valence electrons. The van der Waals surface area contributed by atoms with Crippen LogP contribution in [0.15, 0.2) is 41.3 Å². The molecule has 4 rings (SSSR count). The van der Waals surface area contributed by atoms with Crippen molar-refractivity contribution in [3.8, 4) is 6.07 Å². The summed E-state index contributed by atoms with van der Waals surface area (Å²) in [6.07, 6.45) is 2.25. The lowest BCUT2D eigenvalue weighted by atomic mass is 10.0. The molecule has 0 aliphatic carbocycles. The first kappa shape index (κ1) is 20.5. The number of halogens is 1. The molecule has 7 nitrogen and oxygen atoms in total. The molecule has 8 heteroatoms. The number of hydrogen-bond acceptors (Lipinski definition) is 5. The van der Waals surface area contributed by atoms with E-state index in [2.05, 4.69) is 20.9 Å². The van der Waals surface area contributed by atoms with E-state index in [1.54, 1.807) is 19.2 Å². The molecule has 31 heavy (non-hydrogen) atoms. The van der Waals surface area contributed by atoms with Gasteiger partial charge in [0.25, 0.3) is 5.56 Å². The minimum absolute atomic E-state index is 0.0317. The number of nitrogens with one attached hydrogen (secondary N) is 1. The van der Waals surface area contributed by atoms with Crippen LogP contribution in [-0.4, -0.2) is 47.0 Å². The van der Waals surface area contributed by atoms with Crippen LogP contribution < -0.4 is 10.5 Å². The number of carbonyl (C=O) groups excluding carboxylic acids is 1. The number of benzene rings is 1. The summed E-state index contributed by atoms with van der Waals surface area (Å²) in [7, 11) is 0. The summed E-state index contributed by atoms with van der Waals surface area (Å²) in [6.45, 7) is 4.28. The van der Waals surface area contributed by atoms with Gasteiger partial charge in [0.1, 0.15) is 17.7 Å². The van der Waals surface area contributed by atoms with Gasteiger partial charge in [0, 0.05) is 44.5 Å². The van der Waals surface area contributed by atoms with Crippen LogP contribution in [0, 0.1) is 24.1 Å². The lowest BCUT2D eigenvalue weighted by molar-refractivity contribution is -0.131. The maximum absolute atomic E-state index is 13.6. The van der Waals surface area contributed by atoms with Crippen molar-refractivity contribution < 1.29 is 9.18 Å². The quantitative estimate of drug-likeness (QED) is 0.702. The number of piperazine rings is 1. The summed E-state index contributed by atoms with van der Waals surface area (Å²) in [4.78, 5) is 36.0. The average molecular weight is 419 g/mol. The number of H-pyrrole nitrogens is 1. The molecule has 1 amide bonds. The molecule has 3 aromatic rings. The van der Waals surface area contributed by atoms with Gasteiger partial charge >= 0.3 is 0 Å². The molecule has 0 spiro atoms. The zero-order valence-electron chi connectivity index (χ0n) is 17.2. The molecule has 3 heterocycles. The fraction of sp³-hybridized carbons (Fsp3) is 0.304. The Balaban J connectivity index is 1.36. The number of rotatable bonds is 4. The predicted octanol–water partition coefficient (Wildman–Crippen LogP) is 2.52. The third-order valence-corrected chi connectivity index (χ3v) is 5.63. The Morgan fingerprint density at radius 3 is 2.65 bits per heavy atom. The van der Waals surface area contributed by atoms with Crippen molar-refractivity contribution in [2.75, 3.05) is 31.1 Å². The second-order valence-corrected chi connectivity index (χ2v) is 7.69. The summed E-state index contributed by atoms with van der Waals surface area (Å²) in [5.74, 6) is 0.393. The van der Waals surface area contributed by atoms with Gasteiger partial charge in [0.05, 0.1) is 10.9 Å². The fourth-order valence-corrected chi connectivity index (χ4v) is 3.92. The van der Waals surface area contributed by atoms with E-state index in [9.17, 15) is 14.0 Å². The minimum Gasteiger partial charge on any atom is -0.353 e. The van der Waals surface area contributed by atoms with Gasteiger partial charge in [-0.05, 0) is 54.6 Å². The normalized spacial score (nSPS) is 14.0. The topological polar surface area (TPSA) is 93.1 Å². The zero-order valence-corrected chi connectivity index (χ0v) is 17.2. The highest BCUT2D eigenvalue weighted by Crippen LogP contribution is 2.19. The van der Waals surface area contributed by atoms with Crippen LogP contribution in [-0.2, 0) is 11.2 Å². The van der Waals surface area contributed by atoms with Crippen LogP contribution in [0.25, 0.3) is 10.8 Å². The lowest BCUT2D eigenvalue weighted by Crippen LogP contribution is -2.49. The Kier molecular flexibility index (Phi) is 5.67. The highest BCUT2D eigenvalue weighted by atomic mass is 19.1. The van der Waals surface area contributed by atoms with E-state index in [0.29, 0.717) is 60.2 Å². The van der Waals surface area contributed by atoms with Crippen molar-refractivity contribution in [1.29, 1.82) is 5.26 Å². The first-order valence-corrected chi connectivity index (χ1v) is 10.2. The van der Waals surface area contributed by atoms with Crippen LogP contribution in [0.3, 0.4) is 0 Å². The maximum atomic E-state index is 13.6. The van der Waals surface area contributed by atoms with E-state index in [0.717, 1.165) is 5.82 Å². The molecule has 0 atom stereocenters. The van der Waals surface area contributed by atoms with Crippen molar-refractivity contribution in [3.05, 3.63) is 69.5 Å². The number of carbonyl (C=O) groups is 1. The molecule has 1 aromatic carbocycles.